The number of aromatic nitrogens is 1. The van der Waals surface area contributed by atoms with Crippen LogP contribution in [0.2, 0.25) is 0 Å². The van der Waals surface area contributed by atoms with Crippen molar-refractivity contribution in [2.24, 2.45) is 0 Å². The van der Waals surface area contributed by atoms with E-state index >= 15 is 0 Å². The average Bonchev–Trinajstić information content (AvgIpc) is 2.01. The van der Waals surface area contributed by atoms with Crippen molar-refractivity contribution in [1.82, 2.24) is 4.98 Å². The molecule has 2 N–H and O–H groups in total. The highest BCUT2D eigenvalue weighted by molar-refractivity contribution is 7.99. The Morgan fingerprint density at radius 1 is 1.46 bits per heavy atom. The van der Waals surface area contributed by atoms with Gasteiger partial charge in [0.15, 0.2) is 0 Å². The standard InChI is InChI=1S/C7H7F3N2S/c8-7(9,10)4-13-6-1-2-12-3-5(6)11/h1-3H,4,11H2. The summed E-state index contributed by atoms with van der Waals surface area (Å²) in [5.41, 5.74) is 5.67. The molecule has 2 nitrogen and oxygen atoms in total. The molecule has 0 saturated heterocycles. The molecule has 0 spiro atoms. The third-order valence-corrected chi connectivity index (χ3v) is 2.36. The van der Waals surface area contributed by atoms with Gasteiger partial charge in [-0.3, -0.25) is 4.98 Å². The third-order valence-electron chi connectivity index (χ3n) is 1.20. The van der Waals surface area contributed by atoms with Crippen molar-refractivity contribution < 1.29 is 13.2 Å². The number of alkyl halides is 3. The van der Waals surface area contributed by atoms with Gasteiger partial charge in [-0.2, -0.15) is 13.2 Å². The molecule has 0 aliphatic rings. The Bertz CT molecular complexity index is 287. The molecule has 0 unspecified atom stereocenters. The molecule has 72 valence electrons. The van der Waals surface area contributed by atoms with E-state index in [0.29, 0.717) is 16.7 Å². The molecule has 6 heteroatoms. The summed E-state index contributed by atoms with van der Waals surface area (Å²) >= 11 is 0.664. The molecule has 0 aliphatic carbocycles. The first-order valence-corrected chi connectivity index (χ1v) is 4.36. The van der Waals surface area contributed by atoms with Crippen LogP contribution >= 0.6 is 11.8 Å². The number of anilines is 1. The summed E-state index contributed by atoms with van der Waals surface area (Å²) in [4.78, 5) is 4.08. The zero-order valence-electron chi connectivity index (χ0n) is 6.51. The first-order valence-electron chi connectivity index (χ1n) is 3.38. The topological polar surface area (TPSA) is 38.9 Å². The second-order valence-electron chi connectivity index (χ2n) is 2.32. The van der Waals surface area contributed by atoms with Crippen molar-refractivity contribution in [3.05, 3.63) is 18.5 Å². The van der Waals surface area contributed by atoms with Crippen molar-refractivity contribution in [3.8, 4) is 0 Å². The Morgan fingerprint density at radius 2 is 2.15 bits per heavy atom. The van der Waals surface area contributed by atoms with Gasteiger partial charge in [-0.1, -0.05) is 0 Å². The molecule has 13 heavy (non-hydrogen) atoms. The van der Waals surface area contributed by atoms with Gasteiger partial charge in [0.25, 0.3) is 0 Å². The number of hydrogen-bond donors (Lipinski definition) is 1. The highest BCUT2D eigenvalue weighted by atomic mass is 32.2. The van der Waals surface area contributed by atoms with Crippen LogP contribution in [0.3, 0.4) is 0 Å². The maximum atomic E-state index is 11.8. The molecule has 0 aliphatic heterocycles. The normalized spacial score (nSPS) is 11.6. The fourth-order valence-corrected chi connectivity index (χ4v) is 1.38. The average molecular weight is 208 g/mol. The second kappa shape index (κ2) is 3.87. The quantitative estimate of drug-likeness (QED) is 0.758. The van der Waals surface area contributed by atoms with Gasteiger partial charge >= 0.3 is 6.18 Å². The lowest BCUT2D eigenvalue weighted by Gasteiger charge is -2.06. The van der Waals surface area contributed by atoms with E-state index in [4.69, 9.17) is 5.73 Å². The SMILES string of the molecule is Nc1cnccc1SCC(F)(F)F. The lowest BCUT2D eigenvalue weighted by Crippen LogP contribution is -2.10. The summed E-state index contributed by atoms with van der Waals surface area (Å²) in [5, 5.41) is 0. The van der Waals surface area contributed by atoms with Crippen molar-refractivity contribution in [3.63, 3.8) is 0 Å². The highest BCUT2D eigenvalue weighted by Gasteiger charge is 2.27. The Hall–Kier alpha value is -0.910. The molecule has 1 rings (SSSR count). The Balaban J connectivity index is 2.60. The smallest absolute Gasteiger partial charge is 0.397 e. The first kappa shape index (κ1) is 10.2. The summed E-state index contributed by atoms with van der Waals surface area (Å²) in [7, 11) is 0. The fourth-order valence-electron chi connectivity index (χ4n) is 0.685. The van der Waals surface area contributed by atoms with Gasteiger partial charge in [-0.05, 0) is 6.07 Å². The summed E-state index contributed by atoms with van der Waals surface area (Å²) in [5.74, 6) is -0.929. The van der Waals surface area contributed by atoms with Crippen LogP contribution in [0.15, 0.2) is 23.4 Å². The lowest BCUT2D eigenvalue weighted by molar-refractivity contribution is -0.105. The number of nitrogens with zero attached hydrogens (tertiary/aromatic N) is 1. The Kier molecular flexibility index (Phi) is 3.02. The maximum Gasteiger partial charge on any atom is 0.398 e. The molecular weight excluding hydrogens is 201 g/mol. The minimum Gasteiger partial charge on any atom is -0.397 e. The maximum absolute atomic E-state index is 11.8. The van der Waals surface area contributed by atoms with E-state index in [2.05, 4.69) is 4.98 Å². The summed E-state index contributed by atoms with van der Waals surface area (Å²) in [6, 6.07) is 1.46. The largest absolute Gasteiger partial charge is 0.398 e. The summed E-state index contributed by atoms with van der Waals surface area (Å²) in [6.45, 7) is 0. The Morgan fingerprint density at radius 3 is 2.69 bits per heavy atom. The predicted octanol–water partition coefficient (Wildman–Crippen LogP) is 2.32. The zero-order valence-corrected chi connectivity index (χ0v) is 7.32. The van der Waals surface area contributed by atoms with E-state index < -0.39 is 11.9 Å². The van der Waals surface area contributed by atoms with E-state index in [9.17, 15) is 13.2 Å². The molecule has 0 amide bonds. The van der Waals surface area contributed by atoms with Crippen LogP contribution in [0.5, 0.6) is 0 Å². The molecule has 1 aromatic rings. The van der Waals surface area contributed by atoms with Crippen molar-refractivity contribution in [2.45, 2.75) is 11.1 Å². The van der Waals surface area contributed by atoms with Crippen LogP contribution in [-0.2, 0) is 0 Å². The summed E-state index contributed by atoms with van der Waals surface area (Å²) < 4.78 is 35.4. The number of rotatable bonds is 2. The van der Waals surface area contributed by atoms with Crippen molar-refractivity contribution in [2.75, 3.05) is 11.5 Å². The van der Waals surface area contributed by atoms with Crippen LogP contribution in [0.4, 0.5) is 18.9 Å². The number of pyridine rings is 1. The van der Waals surface area contributed by atoms with Crippen molar-refractivity contribution in [1.29, 1.82) is 0 Å². The van der Waals surface area contributed by atoms with Crippen molar-refractivity contribution >= 4 is 17.4 Å². The highest BCUT2D eigenvalue weighted by Crippen LogP contribution is 2.29. The van der Waals surface area contributed by atoms with E-state index in [1.54, 1.807) is 0 Å². The number of nitrogen functional groups attached to an aromatic ring is 1. The lowest BCUT2D eigenvalue weighted by atomic mass is 10.4. The van der Waals surface area contributed by atoms with Gasteiger partial charge in [-0.25, -0.2) is 0 Å². The fraction of sp³-hybridized carbons (Fsp3) is 0.286. The Labute approximate surface area is 77.3 Å². The first-order chi connectivity index (χ1) is 5.99. The predicted molar refractivity (Wildman–Crippen MR) is 45.4 cm³/mol. The number of nitrogens with two attached hydrogens (primary N) is 1. The van der Waals surface area contributed by atoms with Gasteiger partial charge in [0, 0.05) is 11.1 Å². The molecule has 0 atom stereocenters. The van der Waals surface area contributed by atoms with Crippen LogP contribution < -0.4 is 5.73 Å². The van der Waals surface area contributed by atoms with E-state index in [0.717, 1.165) is 0 Å². The van der Waals surface area contributed by atoms with Crippen LogP contribution in [0, 0.1) is 0 Å². The molecule has 0 saturated carbocycles. The molecule has 0 aromatic carbocycles. The third kappa shape index (κ3) is 3.54. The van der Waals surface area contributed by atoms with Crippen LogP contribution in [0.25, 0.3) is 0 Å². The minimum atomic E-state index is -4.17. The van der Waals surface area contributed by atoms with E-state index in [1.165, 1.54) is 18.5 Å². The monoisotopic (exact) mass is 208 g/mol. The molecular formula is C7H7F3N2S. The molecule has 0 radical (unpaired) electrons. The molecule has 0 bridgehead atoms. The van der Waals surface area contributed by atoms with Gasteiger partial charge in [0.1, 0.15) is 0 Å². The van der Waals surface area contributed by atoms with E-state index in [1.807, 2.05) is 0 Å². The van der Waals surface area contributed by atoms with E-state index in [-0.39, 0.29) is 5.69 Å². The van der Waals surface area contributed by atoms with Gasteiger partial charge < -0.3 is 5.73 Å². The molecule has 1 heterocycles. The zero-order chi connectivity index (χ0) is 9.90. The minimum absolute atomic E-state index is 0.275. The van der Waals surface area contributed by atoms with Gasteiger partial charge in [0.2, 0.25) is 0 Å². The number of halogens is 3. The van der Waals surface area contributed by atoms with Crippen LogP contribution in [-0.4, -0.2) is 16.9 Å². The summed E-state index contributed by atoms with van der Waals surface area (Å²) in [6.07, 6.45) is -1.42. The molecule has 1 aromatic heterocycles. The molecule has 0 fully saturated rings. The van der Waals surface area contributed by atoms with Gasteiger partial charge in [0.05, 0.1) is 17.6 Å². The second-order valence-corrected chi connectivity index (χ2v) is 3.33. The number of thioether (sulfide) groups is 1. The van der Waals surface area contributed by atoms with Crippen LogP contribution in [0.1, 0.15) is 0 Å². The number of hydrogen-bond acceptors (Lipinski definition) is 3. The van der Waals surface area contributed by atoms with Gasteiger partial charge in [-0.15, -0.1) is 11.8 Å².